The number of carbonyl (C=O) groups is 2. The van der Waals surface area contributed by atoms with E-state index in [4.69, 9.17) is 0 Å². The maximum atomic E-state index is 12.2. The lowest BCUT2D eigenvalue weighted by Crippen LogP contribution is -2.43. The number of likely N-dealkylation sites (N-methyl/N-ethyl adjacent to an activating group) is 1. The second-order valence-corrected chi connectivity index (χ2v) is 8.68. The van der Waals surface area contributed by atoms with E-state index in [9.17, 15) is 9.59 Å². The Kier molecular flexibility index (Phi) is 6.67. The number of pyridine rings is 1. The lowest BCUT2D eigenvalue weighted by atomic mass is 9.90. The van der Waals surface area contributed by atoms with Crippen LogP contribution in [0.15, 0.2) is 28.9 Å². The molecule has 7 heteroatoms. The van der Waals surface area contributed by atoms with Crippen LogP contribution in [0.25, 0.3) is 10.9 Å². The van der Waals surface area contributed by atoms with Gasteiger partial charge in [0.25, 0.3) is 0 Å². The summed E-state index contributed by atoms with van der Waals surface area (Å²) in [4.78, 5) is 30.4. The number of nitrogens with one attached hydrogen (secondary N) is 2. The van der Waals surface area contributed by atoms with Gasteiger partial charge in [0.1, 0.15) is 0 Å². The summed E-state index contributed by atoms with van der Waals surface area (Å²) in [6, 6.07) is 6.40. The molecule has 2 N–H and O–H groups in total. The van der Waals surface area contributed by atoms with Gasteiger partial charge in [-0.15, -0.1) is 0 Å². The van der Waals surface area contributed by atoms with Crippen LogP contribution in [0, 0.1) is 0 Å². The first-order valence-electron chi connectivity index (χ1n) is 9.63. The van der Waals surface area contributed by atoms with Gasteiger partial charge in [0.05, 0.1) is 23.3 Å². The first-order chi connectivity index (χ1) is 13.3. The molecule has 0 saturated heterocycles. The van der Waals surface area contributed by atoms with Crippen molar-refractivity contribution in [1.29, 1.82) is 0 Å². The maximum absolute atomic E-state index is 12.2. The van der Waals surface area contributed by atoms with Gasteiger partial charge < -0.3 is 15.5 Å². The molecule has 3 rings (SSSR count). The van der Waals surface area contributed by atoms with Crippen molar-refractivity contribution in [3.8, 4) is 0 Å². The van der Waals surface area contributed by atoms with E-state index in [-0.39, 0.29) is 23.8 Å². The lowest BCUT2D eigenvalue weighted by molar-refractivity contribution is -0.122. The van der Waals surface area contributed by atoms with Crippen LogP contribution in [0.4, 0.5) is 5.69 Å². The van der Waals surface area contributed by atoms with Gasteiger partial charge in [-0.25, -0.2) is 0 Å². The molecule has 1 fully saturated rings. The van der Waals surface area contributed by atoms with Gasteiger partial charge in [-0.05, 0) is 64.9 Å². The van der Waals surface area contributed by atoms with E-state index in [1.807, 2.05) is 37.2 Å². The van der Waals surface area contributed by atoms with E-state index in [0.717, 1.165) is 46.7 Å². The Morgan fingerprint density at radius 1 is 1.18 bits per heavy atom. The van der Waals surface area contributed by atoms with Crippen LogP contribution in [0.5, 0.6) is 0 Å². The van der Waals surface area contributed by atoms with E-state index in [1.54, 1.807) is 13.1 Å². The summed E-state index contributed by atoms with van der Waals surface area (Å²) in [7, 11) is 3.79. The number of hydrogen-bond donors (Lipinski definition) is 2. The molecule has 0 unspecified atom stereocenters. The fourth-order valence-electron chi connectivity index (χ4n) is 3.73. The van der Waals surface area contributed by atoms with Gasteiger partial charge >= 0.3 is 0 Å². The molecular formula is C21H27BrN4O2. The highest BCUT2D eigenvalue weighted by atomic mass is 79.9. The smallest absolute Gasteiger partial charge is 0.234 e. The number of aromatic nitrogens is 1. The lowest BCUT2D eigenvalue weighted by Gasteiger charge is -2.31. The Bertz CT molecular complexity index is 876. The number of rotatable bonds is 6. The van der Waals surface area contributed by atoms with Crippen molar-refractivity contribution >= 4 is 44.2 Å². The molecular weight excluding hydrogens is 420 g/mol. The van der Waals surface area contributed by atoms with Crippen molar-refractivity contribution in [3.05, 3.63) is 34.4 Å². The predicted molar refractivity (Wildman–Crippen MR) is 116 cm³/mol. The minimum absolute atomic E-state index is 0.00140. The topological polar surface area (TPSA) is 74.3 Å². The van der Waals surface area contributed by atoms with E-state index < -0.39 is 0 Å². The zero-order valence-electron chi connectivity index (χ0n) is 16.6. The third-order valence-corrected chi connectivity index (χ3v) is 5.60. The number of amides is 1. The fraction of sp³-hybridized carbons (Fsp3) is 0.476. The number of ketones is 1. The summed E-state index contributed by atoms with van der Waals surface area (Å²) in [6.45, 7) is 1.99. The van der Waals surface area contributed by atoms with Crippen LogP contribution in [0.3, 0.4) is 0 Å². The highest BCUT2D eigenvalue weighted by Gasteiger charge is 2.24. The van der Waals surface area contributed by atoms with Crippen LogP contribution in [-0.2, 0) is 4.79 Å². The first kappa shape index (κ1) is 20.7. The largest absolute Gasteiger partial charge is 0.381 e. The van der Waals surface area contributed by atoms with Gasteiger partial charge in [-0.3, -0.25) is 14.6 Å². The molecule has 0 spiro atoms. The van der Waals surface area contributed by atoms with Gasteiger partial charge in [0.2, 0.25) is 5.91 Å². The Balaban J connectivity index is 1.72. The monoisotopic (exact) mass is 446 g/mol. The third-order valence-electron chi connectivity index (χ3n) is 5.11. The van der Waals surface area contributed by atoms with Crippen LogP contribution in [0.1, 0.15) is 43.0 Å². The fourth-order valence-corrected chi connectivity index (χ4v) is 4.10. The standard InChI is InChI=1S/C21H27BrN4O2/c1-13(27)18-11-23-19-9-4-14(22)10-17(19)21(18)25-16-7-5-15(6-8-16)24-20(28)12-26(2)3/h4,9-11,15-16H,5-8,12H2,1-3H3,(H,23,25)(H,24,28)/t15-,16-. The number of anilines is 1. The van der Waals surface area contributed by atoms with Crippen molar-refractivity contribution < 1.29 is 9.59 Å². The highest BCUT2D eigenvalue weighted by Crippen LogP contribution is 2.31. The highest BCUT2D eigenvalue weighted by molar-refractivity contribution is 9.10. The van der Waals surface area contributed by atoms with Crippen molar-refractivity contribution in [2.24, 2.45) is 0 Å². The van der Waals surface area contributed by atoms with Crippen LogP contribution >= 0.6 is 15.9 Å². The molecule has 6 nitrogen and oxygen atoms in total. The molecule has 1 heterocycles. The summed E-state index contributed by atoms with van der Waals surface area (Å²) in [5.41, 5.74) is 2.34. The first-order valence-corrected chi connectivity index (χ1v) is 10.4. The van der Waals surface area contributed by atoms with Crippen LogP contribution in [-0.4, -0.2) is 54.3 Å². The van der Waals surface area contributed by atoms with Crippen molar-refractivity contribution in [3.63, 3.8) is 0 Å². The average Bonchev–Trinajstić information content (AvgIpc) is 2.62. The minimum atomic E-state index is 0.00140. The summed E-state index contributed by atoms with van der Waals surface area (Å²) >= 11 is 3.52. The maximum Gasteiger partial charge on any atom is 0.234 e. The minimum Gasteiger partial charge on any atom is -0.381 e. The SMILES string of the molecule is CC(=O)c1cnc2ccc(Br)cc2c1N[C@H]1CC[C@H](NC(=O)CN(C)C)CC1. The average molecular weight is 447 g/mol. The van der Waals surface area contributed by atoms with Gasteiger partial charge in [-0.1, -0.05) is 15.9 Å². The molecule has 1 aliphatic rings. The quantitative estimate of drug-likeness (QED) is 0.662. The number of halogens is 1. The summed E-state index contributed by atoms with van der Waals surface area (Å²) < 4.78 is 0.956. The Labute approximate surface area is 174 Å². The molecule has 0 bridgehead atoms. The van der Waals surface area contributed by atoms with Crippen LogP contribution in [0.2, 0.25) is 0 Å². The number of nitrogens with zero attached hydrogens (tertiary/aromatic N) is 2. The van der Waals surface area contributed by atoms with E-state index in [1.165, 1.54) is 0 Å². The Morgan fingerprint density at radius 3 is 2.50 bits per heavy atom. The number of benzene rings is 1. The van der Waals surface area contributed by atoms with Gasteiger partial charge in [0.15, 0.2) is 5.78 Å². The Hall–Kier alpha value is -1.99. The summed E-state index contributed by atoms with van der Waals surface area (Å²) in [5.74, 6) is 0.0757. The van der Waals surface area contributed by atoms with E-state index in [2.05, 4.69) is 31.5 Å². The molecule has 1 aromatic heterocycles. The second-order valence-electron chi connectivity index (χ2n) is 7.76. The predicted octanol–water partition coefficient (Wildman–Crippen LogP) is 3.60. The number of hydrogen-bond acceptors (Lipinski definition) is 5. The molecule has 150 valence electrons. The number of carbonyl (C=O) groups excluding carboxylic acids is 2. The van der Waals surface area contributed by atoms with E-state index in [0.29, 0.717) is 12.1 Å². The van der Waals surface area contributed by atoms with Crippen molar-refractivity contribution in [1.82, 2.24) is 15.2 Å². The molecule has 0 aliphatic heterocycles. The molecule has 0 atom stereocenters. The molecule has 1 aliphatic carbocycles. The zero-order valence-corrected chi connectivity index (χ0v) is 18.2. The van der Waals surface area contributed by atoms with E-state index >= 15 is 0 Å². The van der Waals surface area contributed by atoms with Gasteiger partial charge in [-0.2, -0.15) is 0 Å². The Morgan fingerprint density at radius 2 is 1.86 bits per heavy atom. The van der Waals surface area contributed by atoms with Crippen molar-refractivity contribution in [2.75, 3.05) is 26.0 Å². The van der Waals surface area contributed by atoms with Crippen LogP contribution < -0.4 is 10.6 Å². The molecule has 1 amide bonds. The summed E-state index contributed by atoms with van der Waals surface area (Å²) in [5, 5.41) is 7.67. The molecule has 1 saturated carbocycles. The molecule has 1 aromatic carbocycles. The molecule has 2 aromatic rings. The second kappa shape index (κ2) is 9.01. The molecule has 0 radical (unpaired) electrons. The third kappa shape index (κ3) is 5.08. The van der Waals surface area contributed by atoms with Gasteiger partial charge in [0, 0.05) is 28.1 Å². The summed E-state index contributed by atoms with van der Waals surface area (Å²) in [6.07, 6.45) is 5.41. The normalized spacial score (nSPS) is 19.6. The van der Waals surface area contributed by atoms with Crippen molar-refractivity contribution in [2.45, 2.75) is 44.7 Å². The number of fused-ring (bicyclic) bond motifs is 1. The zero-order chi connectivity index (χ0) is 20.3. The molecule has 28 heavy (non-hydrogen) atoms. The number of Topliss-reactive ketones (excluding diaryl/α,β-unsaturated/α-hetero) is 1.